The van der Waals surface area contributed by atoms with Crippen molar-refractivity contribution in [1.82, 2.24) is 9.80 Å². The molecule has 0 aromatic rings. The Balaban J connectivity index is 3.98. The third kappa shape index (κ3) is 9.55. The summed E-state index contributed by atoms with van der Waals surface area (Å²) >= 11 is 0. The first-order valence-corrected chi connectivity index (χ1v) is 5.37. The van der Waals surface area contributed by atoms with Crippen LogP contribution in [0.5, 0.6) is 0 Å². The molecule has 0 spiro atoms. The first-order chi connectivity index (χ1) is 8.31. The number of carbonyl (C=O) groups is 3. The molecule has 3 N–H and O–H groups in total. The first-order valence-electron chi connectivity index (χ1n) is 5.37. The lowest BCUT2D eigenvalue weighted by Crippen LogP contribution is -2.37. The van der Waals surface area contributed by atoms with Crippen LogP contribution >= 0.6 is 0 Å². The minimum atomic E-state index is -1.09. The molecule has 0 amide bonds. The molecule has 0 fully saturated rings. The van der Waals surface area contributed by atoms with Gasteiger partial charge in [0.05, 0.1) is 19.6 Å². The average Bonchev–Trinajstić information content (AvgIpc) is 2.13. The molecule has 0 aromatic heterocycles. The highest BCUT2D eigenvalue weighted by molar-refractivity contribution is 5.72. The van der Waals surface area contributed by atoms with Crippen molar-refractivity contribution in [2.24, 2.45) is 0 Å². The van der Waals surface area contributed by atoms with E-state index in [-0.39, 0.29) is 19.6 Å². The normalized spacial score (nSPS) is 10.8. The van der Waals surface area contributed by atoms with Crippen LogP contribution < -0.4 is 0 Å². The van der Waals surface area contributed by atoms with E-state index >= 15 is 0 Å². The van der Waals surface area contributed by atoms with Gasteiger partial charge in [0.25, 0.3) is 0 Å². The third-order valence-corrected chi connectivity index (χ3v) is 2.14. The molecule has 0 aliphatic heterocycles. The molecule has 0 rings (SSSR count). The number of aliphatic carboxylic acids is 3. The van der Waals surface area contributed by atoms with Gasteiger partial charge >= 0.3 is 17.9 Å². The summed E-state index contributed by atoms with van der Waals surface area (Å²) < 4.78 is 0. The molecule has 0 aromatic carbocycles. The van der Waals surface area contributed by atoms with Crippen molar-refractivity contribution in [1.29, 1.82) is 0 Å². The van der Waals surface area contributed by atoms with E-state index < -0.39 is 17.9 Å². The number of likely N-dealkylation sites (N-methyl/N-ethyl adjacent to an activating group) is 1. The molecule has 0 saturated heterocycles. The molecular weight excluding hydrogens is 244 g/mol. The molecule has 0 bridgehead atoms. The highest BCUT2D eigenvalue weighted by Gasteiger charge is 2.13. The summed E-state index contributed by atoms with van der Waals surface area (Å²) in [5, 5.41) is 25.7. The standard InChI is InChI=1S/C10H18N2O6/c1-11(5-8(13)14)3-2-4-12(6-9(15)16)7-10(17)18/h2-7H2,1H3,(H,13,14)(H,15,16)(H,17,18). The van der Waals surface area contributed by atoms with Crippen LogP contribution in [0.3, 0.4) is 0 Å². The Kier molecular flexibility index (Phi) is 7.64. The second-order valence-electron chi connectivity index (χ2n) is 3.98. The summed E-state index contributed by atoms with van der Waals surface area (Å²) in [6.07, 6.45) is 0.504. The zero-order valence-corrected chi connectivity index (χ0v) is 10.2. The number of nitrogens with zero attached hydrogens (tertiary/aromatic N) is 2. The minimum Gasteiger partial charge on any atom is -0.480 e. The van der Waals surface area contributed by atoms with Crippen LogP contribution in [-0.4, -0.2) is 82.8 Å². The lowest BCUT2D eigenvalue weighted by Gasteiger charge is -2.20. The Morgan fingerprint density at radius 3 is 1.67 bits per heavy atom. The van der Waals surface area contributed by atoms with Gasteiger partial charge in [-0.2, -0.15) is 0 Å². The van der Waals surface area contributed by atoms with Crippen LogP contribution in [-0.2, 0) is 14.4 Å². The van der Waals surface area contributed by atoms with E-state index in [0.29, 0.717) is 19.5 Å². The average molecular weight is 262 g/mol. The predicted molar refractivity (Wildman–Crippen MR) is 61.5 cm³/mol. The largest absolute Gasteiger partial charge is 0.480 e. The fourth-order valence-electron chi connectivity index (χ4n) is 1.47. The summed E-state index contributed by atoms with van der Waals surface area (Å²) in [4.78, 5) is 34.3. The van der Waals surface area contributed by atoms with Gasteiger partial charge in [0.15, 0.2) is 0 Å². The van der Waals surface area contributed by atoms with Gasteiger partial charge in [-0.25, -0.2) is 0 Å². The van der Waals surface area contributed by atoms with Crippen LogP contribution in [0.25, 0.3) is 0 Å². The molecular formula is C10H18N2O6. The van der Waals surface area contributed by atoms with Gasteiger partial charge in [-0.15, -0.1) is 0 Å². The van der Waals surface area contributed by atoms with Crippen molar-refractivity contribution in [3.8, 4) is 0 Å². The lowest BCUT2D eigenvalue weighted by molar-refractivity contribution is -0.142. The molecule has 104 valence electrons. The van der Waals surface area contributed by atoms with E-state index in [1.54, 1.807) is 11.9 Å². The zero-order chi connectivity index (χ0) is 14.1. The van der Waals surface area contributed by atoms with Gasteiger partial charge in [-0.1, -0.05) is 0 Å². The van der Waals surface area contributed by atoms with Gasteiger partial charge in [-0.05, 0) is 20.0 Å². The van der Waals surface area contributed by atoms with Crippen LogP contribution in [0.4, 0.5) is 0 Å². The molecule has 0 aliphatic rings. The minimum absolute atomic E-state index is 0.0993. The van der Waals surface area contributed by atoms with Crippen molar-refractivity contribution < 1.29 is 29.7 Å². The fraction of sp³-hybridized carbons (Fsp3) is 0.700. The lowest BCUT2D eigenvalue weighted by atomic mass is 10.3. The first kappa shape index (κ1) is 16.3. The monoisotopic (exact) mass is 262 g/mol. The second-order valence-corrected chi connectivity index (χ2v) is 3.98. The SMILES string of the molecule is CN(CCCN(CC(=O)O)CC(=O)O)CC(=O)O. The van der Waals surface area contributed by atoms with Crippen LogP contribution in [0, 0.1) is 0 Å². The van der Waals surface area contributed by atoms with Crippen LogP contribution in [0.2, 0.25) is 0 Å². The molecule has 18 heavy (non-hydrogen) atoms. The molecule has 0 heterocycles. The number of hydrogen-bond donors (Lipinski definition) is 3. The summed E-state index contributed by atoms with van der Waals surface area (Å²) in [5.74, 6) is -3.12. The number of carboxylic acid groups (broad SMARTS) is 3. The summed E-state index contributed by atoms with van der Waals surface area (Å²) in [6, 6.07) is 0. The molecule has 8 nitrogen and oxygen atoms in total. The highest BCUT2D eigenvalue weighted by atomic mass is 16.4. The van der Waals surface area contributed by atoms with E-state index in [1.807, 2.05) is 0 Å². The van der Waals surface area contributed by atoms with E-state index in [1.165, 1.54) is 4.90 Å². The van der Waals surface area contributed by atoms with Crippen molar-refractivity contribution in [2.75, 3.05) is 39.8 Å². The molecule has 0 saturated carbocycles. The van der Waals surface area contributed by atoms with Crippen molar-refractivity contribution in [2.45, 2.75) is 6.42 Å². The van der Waals surface area contributed by atoms with E-state index in [0.717, 1.165) is 0 Å². The van der Waals surface area contributed by atoms with Gasteiger partial charge < -0.3 is 15.3 Å². The molecule has 0 aliphatic carbocycles. The highest BCUT2D eigenvalue weighted by Crippen LogP contribution is 1.94. The predicted octanol–water partition coefficient (Wildman–Crippen LogP) is -1.14. The summed E-state index contributed by atoms with van der Waals surface area (Å²) in [7, 11) is 1.63. The number of hydrogen-bond acceptors (Lipinski definition) is 5. The Hall–Kier alpha value is -1.67. The van der Waals surface area contributed by atoms with Crippen LogP contribution in [0.1, 0.15) is 6.42 Å². The summed E-state index contributed by atoms with van der Waals surface area (Å²) in [5.41, 5.74) is 0. The fourth-order valence-corrected chi connectivity index (χ4v) is 1.47. The van der Waals surface area contributed by atoms with Gasteiger partial charge in [0, 0.05) is 6.54 Å². The van der Waals surface area contributed by atoms with E-state index in [9.17, 15) is 14.4 Å². The van der Waals surface area contributed by atoms with Crippen LogP contribution in [0.15, 0.2) is 0 Å². The topological polar surface area (TPSA) is 118 Å². The third-order valence-electron chi connectivity index (χ3n) is 2.14. The Bertz CT molecular complexity index is 291. The number of rotatable bonds is 10. The molecule has 0 atom stereocenters. The smallest absolute Gasteiger partial charge is 0.317 e. The van der Waals surface area contributed by atoms with E-state index in [2.05, 4.69) is 0 Å². The Morgan fingerprint density at radius 2 is 1.28 bits per heavy atom. The molecule has 0 unspecified atom stereocenters. The summed E-state index contributed by atoms with van der Waals surface area (Å²) in [6.45, 7) is -0.0215. The second kappa shape index (κ2) is 8.43. The van der Waals surface area contributed by atoms with Crippen molar-refractivity contribution >= 4 is 17.9 Å². The molecule has 0 radical (unpaired) electrons. The van der Waals surface area contributed by atoms with Crippen molar-refractivity contribution in [3.05, 3.63) is 0 Å². The number of carboxylic acids is 3. The van der Waals surface area contributed by atoms with Gasteiger partial charge in [0.1, 0.15) is 0 Å². The quantitative estimate of drug-likeness (QED) is 0.452. The van der Waals surface area contributed by atoms with E-state index in [4.69, 9.17) is 15.3 Å². The maximum atomic E-state index is 10.5. The van der Waals surface area contributed by atoms with Gasteiger partial charge in [0.2, 0.25) is 0 Å². The Labute approximate surface area is 104 Å². The van der Waals surface area contributed by atoms with Crippen molar-refractivity contribution in [3.63, 3.8) is 0 Å². The van der Waals surface area contributed by atoms with Gasteiger partial charge in [-0.3, -0.25) is 24.2 Å². The maximum absolute atomic E-state index is 10.5. The Morgan fingerprint density at radius 1 is 0.833 bits per heavy atom. The zero-order valence-electron chi connectivity index (χ0n) is 10.2. The molecule has 8 heteroatoms. The maximum Gasteiger partial charge on any atom is 0.317 e.